The third kappa shape index (κ3) is 5.46. The molecule has 3 aromatic carbocycles. The van der Waals surface area contributed by atoms with Gasteiger partial charge in [-0.15, -0.1) is 10.2 Å². The van der Waals surface area contributed by atoms with Crippen molar-refractivity contribution in [2.45, 2.75) is 31.3 Å². The first-order valence-electron chi connectivity index (χ1n) is 10.7. The van der Waals surface area contributed by atoms with Gasteiger partial charge in [0, 0.05) is 22.0 Å². The number of carbonyl (C=O) groups excluding carboxylic acids is 1. The minimum absolute atomic E-state index is 0.0877. The molecule has 0 radical (unpaired) electrons. The first-order chi connectivity index (χ1) is 16.2. The van der Waals surface area contributed by atoms with Gasteiger partial charge in [-0.05, 0) is 53.4 Å². The van der Waals surface area contributed by atoms with Gasteiger partial charge >= 0.3 is 0 Å². The van der Waals surface area contributed by atoms with Gasteiger partial charge in [0.2, 0.25) is 5.91 Å². The number of para-hydroxylation sites is 1. The number of nitrogens with one attached hydrogen (secondary N) is 1. The molecule has 0 aliphatic carbocycles. The van der Waals surface area contributed by atoms with Crippen molar-refractivity contribution in [3.63, 3.8) is 0 Å². The zero-order valence-electron chi connectivity index (χ0n) is 19.0. The summed E-state index contributed by atoms with van der Waals surface area (Å²) in [5, 5.41) is 13.6. The second kappa shape index (κ2) is 10.2. The van der Waals surface area contributed by atoms with Crippen molar-refractivity contribution in [2.24, 2.45) is 0 Å². The number of rotatable bonds is 6. The number of thioether (sulfide) groups is 1. The molecule has 174 valence electrons. The molecule has 0 aliphatic rings. The Balaban J connectivity index is 1.61. The lowest BCUT2D eigenvalue weighted by molar-refractivity contribution is -0.113. The lowest BCUT2D eigenvalue weighted by Gasteiger charge is -2.23. The first kappa shape index (κ1) is 24.3. The third-order valence-corrected chi connectivity index (χ3v) is 6.68. The number of carbonyl (C=O) groups is 1. The molecule has 0 saturated heterocycles. The SMILES string of the molecule is CC(C)(C)c1ccccc1NC(=O)CSc1nnc(-c2ccccc2Cl)n1-c1ccc(Cl)cc1. The molecule has 0 unspecified atom stereocenters. The van der Waals surface area contributed by atoms with Crippen LogP contribution in [0, 0.1) is 0 Å². The van der Waals surface area contributed by atoms with Gasteiger partial charge < -0.3 is 5.32 Å². The van der Waals surface area contributed by atoms with Crippen LogP contribution in [0.3, 0.4) is 0 Å². The van der Waals surface area contributed by atoms with Crippen molar-refractivity contribution in [2.75, 3.05) is 11.1 Å². The Hall–Kier alpha value is -2.80. The lowest BCUT2D eigenvalue weighted by Crippen LogP contribution is -2.20. The zero-order valence-corrected chi connectivity index (χ0v) is 21.4. The van der Waals surface area contributed by atoms with Crippen LogP contribution in [0.5, 0.6) is 0 Å². The van der Waals surface area contributed by atoms with Gasteiger partial charge in [-0.3, -0.25) is 9.36 Å². The molecular formula is C26H24Cl2N4OS. The normalized spacial score (nSPS) is 11.4. The lowest BCUT2D eigenvalue weighted by atomic mass is 9.86. The molecule has 0 bridgehead atoms. The predicted octanol–water partition coefficient (Wildman–Crippen LogP) is 7.27. The largest absolute Gasteiger partial charge is 0.325 e. The fraction of sp³-hybridized carbons (Fsp3) is 0.192. The van der Waals surface area contributed by atoms with E-state index in [-0.39, 0.29) is 17.1 Å². The minimum atomic E-state index is -0.119. The van der Waals surface area contributed by atoms with E-state index in [0.29, 0.717) is 21.0 Å². The van der Waals surface area contributed by atoms with Gasteiger partial charge in [0.15, 0.2) is 11.0 Å². The summed E-state index contributed by atoms with van der Waals surface area (Å²) >= 11 is 13.9. The molecule has 4 aromatic rings. The van der Waals surface area contributed by atoms with E-state index in [2.05, 4.69) is 36.3 Å². The average molecular weight is 511 g/mol. The number of nitrogens with zero attached hydrogens (tertiary/aromatic N) is 3. The standard InChI is InChI=1S/C26H24Cl2N4OS/c1-26(2,3)20-9-5-7-11-22(20)29-23(33)16-34-25-31-30-24(19-8-4-6-10-21(19)28)32(25)18-14-12-17(27)13-15-18/h4-15H,16H2,1-3H3,(H,29,33). The molecule has 0 saturated carbocycles. The van der Waals surface area contributed by atoms with Crippen molar-refractivity contribution in [3.8, 4) is 17.1 Å². The molecule has 34 heavy (non-hydrogen) atoms. The van der Waals surface area contributed by atoms with Crippen molar-refractivity contribution >= 4 is 46.6 Å². The van der Waals surface area contributed by atoms with Crippen molar-refractivity contribution in [3.05, 3.63) is 88.4 Å². The number of amides is 1. The molecule has 5 nitrogen and oxygen atoms in total. The van der Waals surface area contributed by atoms with Crippen LogP contribution in [0.4, 0.5) is 5.69 Å². The maximum Gasteiger partial charge on any atom is 0.234 e. The quantitative estimate of drug-likeness (QED) is 0.277. The molecule has 1 heterocycles. The number of hydrogen-bond donors (Lipinski definition) is 1. The summed E-state index contributed by atoms with van der Waals surface area (Å²) in [7, 11) is 0. The third-order valence-electron chi connectivity index (χ3n) is 5.17. The van der Waals surface area contributed by atoms with E-state index in [9.17, 15) is 4.79 Å². The van der Waals surface area contributed by atoms with Gasteiger partial charge in [0.1, 0.15) is 0 Å². The molecule has 0 fully saturated rings. The smallest absolute Gasteiger partial charge is 0.234 e. The maximum absolute atomic E-state index is 12.9. The highest BCUT2D eigenvalue weighted by atomic mass is 35.5. The molecule has 0 aliphatic heterocycles. The van der Waals surface area contributed by atoms with Crippen LogP contribution in [0.15, 0.2) is 78.0 Å². The van der Waals surface area contributed by atoms with E-state index in [1.54, 1.807) is 12.1 Å². The molecular weight excluding hydrogens is 487 g/mol. The Morgan fingerprint density at radius 1 is 0.941 bits per heavy atom. The van der Waals surface area contributed by atoms with Gasteiger partial charge in [-0.25, -0.2) is 0 Å². The topological polar surface area (TPSA) is 59.8 Å². The number of halogens is 2. The molecule has 8 heteroatoms. The summed E-state index contributed by atoms with van der Waals surface area (Å²) in [4.78, 5) is 12.9. The fourth-order valence-electron chi connectivity index (χ4n) is 3.57. The second-order valence-corrected chi connectivity index (χ2v) is 10.5. The Morgan fingerprint density at radius 3 is 2.32 bits per heavy atom. The second-order valence-electron chi connectivity index (χ2n) is 8.73. The molecule has 4 rings (SSSR count). The minimum Gasteiger partial charge on any atom is -0.325 e. The van der Waals surface area contributed by atoms with E-state index in [0.717, 1.165) is 22.5 Å². The Kier molecular flexibility index (Phi) is 7.31. The monoisotopic (exact) mass is 510 g/mol. The van der Waals surface area contributed by atoms with E-state index in [4.69, 9.17) is 23.2 Å². The average Bonchev–Trinajstić information content (AvgIpc) is 3.22. The van der Waals surface area contributed by atoms with Crippen LogP contribution >= 0.6 is 35.0 Å². The van der Waals surface area contributed by atoms with Crippen LogP contribution in [0.25, 0.3) is 17.1 Å². The highest BCUT2D eigenvalue weighted by Crippen LogP contribution is 2.33. The number of hydrogen-bond acceptors (Lipinski definition) is 4. The van der Waals surface area contributed by atoms with Crippen molar-refractivity contribution in [1.82, 2.24) is 14.8 Å². The molecule has 1 N–H and O–H groups in total. The van der Waals surface area contributed by atoms with Gasteiger partial charge in [-0.2, -0.15) is 0 Å². The van der Waals surface area contributed by atoms with Gasteiger partial charge in [0.05, 0.1) is 10.8 Å². The van der Waals surface area contributed by atoms with Crippen LogP contribution in [0.1, 0.15) is 26.3 Å². The van der Waals surface area contributed by atoms with E-state index in [1.165, 1.54) is 11.8 Å². The first-order valence-corrected chi connectivity index (χ1v) is 12.5. The van der Waals surface area contributed by atoms with Gasteiger partial charge in [-0.1, -0.05) is 86.1 Å². The van der Waals surface area contributed by atoms with Crippen molar-refractivity contribution < 1.29 is 4.79 Å². The van der Waals surface area contributed by atoms with E-state index < -0.39 is 0 Å². The highest BCUT2D eigenvalue weighted by molar-refractivity contribution is 7.99. The van der Waals surface area contributed by atoms with Crippen molar-refractivity contribution in [1.29, 1.82) is 0 Å². The molecule has 0 spiro atoms. The number of aromatic nitrogens is 3. The molecule has 1 aromatic heterocycles. The van der Waals surface area contributed by atoms with Crippen LogP contribution in [-0.4, -0.2) is 26.4 Å². The Labute approximate surface area is 213 Å². The summed E-state index contributed by atoms with van der Waals surface area (Å²) in [5.74, 6) is 0.646. The van der Waals surface area contributed by atoms with Gasteiger partial charge in [0.25, 0.3) is 0 Å². The summed E-state index contributed by atoms with van der Waals surface area (Å²) in [6, 6.07) is 22.7. The highest BCUT2D eigenvalue weighted by Gasteiger charge is 2.21. The Bertz CT molecular complexity index is 1310. The summed E-state index contributed by atoms with van der Waals surface area (Å²) in [6.45, 7) is 6.37. The predicted molar refractivity (Wildman–Crippen MR) is 141 cm³/mol. The maximum atomic E-state index is 12.9. The van der Waals surface area contributed by atoms with Crippen LogP contribution in [-0.2, 0) is 10.2 Å². The fourth-order valence-corrected chi connectivity index (χ4v) is 4.66. The molecule has 0 atom stereocenters. The summed E-state index contributed by atoms with van der Waals surface area (Å²) in [6.07, 6.45) is 0. The van der Waals surface area contributed by atoms with Crippen LogP contribution < -0.4 is 5.32 Å². The zero-order chi connectivity index (χ0) is 24.3. The van der Waals surface area contributed by atoms with E-state index >= 15 is 0 Å². The Morgan fingerprint density at radius 2 is 1.62 bits per heavy atom. The summed E-state index contributed by atoms with van der Waals surface area (Å²) < 4.78 is 1.89. The van der Waals surface area contributed by atoms with Crippen LogP contribution in [0.2, 0.25) is 10.0 Å². The number of benzene rings is 3. The molecule has 1 amide bonds. The number of anilines is 1. The van der Waals surface area contributed by atoms with E-state index in [1.807, 2.05) is 65.2 Å². The summed E-state index contributed by atoms with van der Waals surface area (Å²) in [5.41, 5.74) is 3.39.